The number of aromatic carboxylic acids is 1. The lowest BCUT2D eigenvalue weighted by Gasteiger charge is -2.27. The number of carbonyl (C=O) groups is 2. The summed E-state index contributed by atoms with van der Waals surface area (Å²) in [6.45, 7) is 1.69. The normalized spacial score (nSPS) is 14.7. The van der Waals surface area contributed by atoms with E-state index < -0.39 is 23.7 Å². The van der Waals surface area contributed by atoms with Crippen molar-refractivity contribution in [3.63, 3.8) is 0 Å². The Bertz CT molecular complexity index is 1960. The summed E-state index contributed by atoms with van der Waals surface area (Å²) in [5.41, 5.74) is 3.70. The van der Waals surface area contributed by atoms with Crippen LogP contribution in [0.5, 0.6) is 0 Å². The van der Waals surface area contributed by atoms with E-state index in [1.54, 1.807) is 19.1 Å². The minimum absolute atomic E-state index is 0.0309. The molecule has 10 nitrogen and oxygen atoms in total. The van der Waals surface area contributed by atoms with Crippen LogP contribution < -0.4 is 16.0 Å². The topological polar surface area (TPSA) is 142 Å². The van der Waals surface area contributed by atoms with Crippen LogP contribution in [0.2, 0.25) is 5.02 Å². The lowest BCUT2D eigenvalue weighted by molar-refractivity contribution is -0.113. The van der Waals surface area contributed by atoms with E-state index in [2.05, 4.69) is 25.9 Å². The molecule has 4 N–H and O–H groups in total. The molecule has 1 aliphatic heterocycles. The number of carbonyl (C=O) groups excluding carboxylic acids is 1. The van der Waals surface area contributed by atoms with Crippen molar-refractivity contribution in [1.82, 2.24) is 15.3 Å². The van der Waals surface area contributed by atoms with Crippen molar-refractivity contribution >= 4 is 52.4 Å². The Morgan fingerprint density at radius 1 is 1.02 bits per heavy atom. The van der Waals surface area contributed by atoms with Crippen molar-refractivity contribution in [2.24, 2.45) is 4.99 Å². The summed E-state index contributed by atoms with van der Waals surface area (Å²) in [5, 5.41) is 18.4. The first-order valence-electron chi connectivity index (χ1n) is 13.0. The number of hydrogen-bond acceptors (Lipinski definition) is 8. The predicted molar refractivity (Wildman–Crippen MR) is 160 cm³/mol. The standard InChI is InChI=1S/C31H22ClFN6O4/c1-16-26(28(40)37-25-14-19(29(41)42)11-12-34-25)27(21-9-7-18(13-22(21)32)17-5-3-2-4-6-17)38-30(35-16)39-31-36-23-10-8-20(33)15-24(23)43-31/h2-15,27H,1H3,(H,41,42)(H,34,37,40)(H2,35,36,38,39). The Kier molecular flexibility index (Phi) is 7.31. The highest BCUT2D eigenvalue weighted by atomic mass is 35.5. The average Bonchev–Trinajstić information content (AvgIpc) is 3.38. The quantitative estimate of drug-likeness (QED) is 0.176. The number of fused-ring (bicyclic) bond motifs is 1. The fourth-order valence-electron chi connectivity index (χ4n) is 4.69. The number of oxazole rings is 1. The van der Waals surface area contributed by atoms with Crippen molar-refractivity contribution in [3.8, 4) is 11.1 Å². The van der Waals surface area contributed by atoms with Gasteiger partial charge in [0.05, 0.1) is 11.1 Å². The van der Waals surface area contributed by atoms with Crippen molar-refractivity contribution in [2.75, 3.05) is 10.6 Å². The van der Waals surface area contributed by atoms with Crippen LogP contribution in [-0.4, -0.2) is 32.9 Å². The van der Waals surface area contributed by atoms with Gasteiger partial charge in [-0.05, 0) is 48.4 Å². The van der Waals surface area contributed by atoms with Gasteiger partial charge >= 0.3 is 12.0 Å². The molecule has 0 spiro atoms. The number of nitrogens with one attached hydrogen (secondary N) is 3. The van der Waals surface area contributed by atoms with E-state index in [9.17, 15) is 19.1 Å². The number of guanidine groups is 1. The molecule has 1 atom stereocenters. The number of aliphatic imine (C=N–C) groups is 1. The molecular weight excluding hydrogens is 575 g/mol. The van der Waals surface area contributed by atoms with E-state index >= 15 is 0 Å². The maximum Gasteiger partial charge on any atom is 0.335 e. The van der Waals surface area contributed by atoms with Crippen LogP contribution in [0.1, 0.15) is 28.9 Å². The van der Waals surface area contributed by atoms with Crippen LogP contribution in [0.3, 0.4) is 0 Å². The van der Waals surface area contributed by atoms with Gasteiger partial charge in [0.2, 0.25) is 5.96 Å². The van der Waals surface area contributed by atoms with Crippen LogP contribution >= 0.6 is 11.6 Å². The molecule has 1 amide bonds. The molecule has 6 rings (SSSR count). The Balaban J connectivity index is 1.37. The number of allylic oxidation sites excluding steroid dienone is 1. The van der Waals surface area contributed by atoms with Gasteiger partial charge in [-0.1, -0.05) is 54.1 Å². The largest absolute Gasteiger partial charge is 0.478 e. The number of halogens is 2. The fourth-order valence-corrected chi connectivity index (χ4v) is 4.97. The molecule has 2 aromatic heterocycles. The van der Waals surface area contributed by atoms with Gasteiger partial charge in [0.1, 0.15) is 23.2 Å². The van der Waals surface area contributed by atoms with Gasteiger partial charge in [0.25, 0.3) is 5.91 Å². The first-order valence-corrected chi connectivity index (χ1v) is 13.4. The summed E-state index contributed by atoms with van der Waals surface area (Å²) in [5.74, 6) is -1.91. The predicted octanol–water partition coefficient (Wildman–Crippen LogP) is 6.41. The van der Waals surface area contributed by atoms with Gasteiger partial charge in [-0.2, -0.15) is 4.98 Å². The third-order valence-electron chi connectivity index (χ3n) is 6.71. The molecule has 5 aromatic rings. The van der Waals surface area contributed by atoms with E-state index in [1.807, 2.05) is 36.4 Å². The van der Waals surface area contributed by atoms with E-state index in [-0.39, 0.29) is 34.5 Å². The Morgan fingerprint density at radius 3 is 2.60 bits per heavy atom. The average molecular weight is 597 g/mol. The smallest absolute Gasteiger partial charge is 0.335 e. The summed E-state index contributed by atoms with van der Waals surface area (Å²) in [6.07, 6.45) is 1.29. The maximum atomic E-state index is 13.7. The molecule has 0 fully saturated rings. The van der Waals surface area contributed by atoms with Gasteiger partial charge in [-0.15, -0.1) is 0 Å². The molecular formula is C31H22ClFN6O4. The molecule has 3 heterocycles. The number of carboxylic acids is 1. The minimum atomic E-state index is -1.15. The molecule has 12 heteroatoms. The summed E-state index contributed by atoms with van der Waals surface area (Å²) in [4.78, 5) is 38.2. The van der Waals surface area contributed by atoms with Gasteiger partial charge in [-0.25, -0.2) is 19.2 Å². The lowest BCUT2D eigenvalue weighted by Crippen LogP contribution is -2.37. The van der Waals surface area contributed by atoms with Gasteiger partial charge < -0.3 is 20.2 Å². The highest BCUT2D eigenvalue weighted by Crippen LogP contribution is 2.37. The van der Waals surface area contributed by atoms with Crippen LogP contribution in [-0.2, 0) is 4.79 Å². The van der Waals surface area contributed by atoms with Crippen molar-refractivity contribution in [3.05, 3.63) is 118 Å². The first kappa shape index (κ1) is 27.6. The molecule has 0 aliphatic carbocycles. The number of amides is 1. The molecule has 0 bridgehead atoms. The van der Waals surface area contributed by atoms with E-state index in [0.29, 0.717) is 21.8 Å². The second-order valence-electron chi connectivity index (χ2n) is 9.59. The molecule has 0 radical (unpaired) electrons. The molecule has 214 valence electrons. The molecule has 3 aromatic carbocycles. The summed E-state index contributed by atoms with van der Waals surface area (Å²) in [7, 11) is 0. The monoisotopic (exact) mass is 596 g/mol. The number of aromatic nitrogens is 2. The first-order chi connectivity index (χ1) is 20.7. The van der Waals surface area contributed by atoms with Crippen LogP contribution in [0, 0.1) is 5.82 Å². The van der Waals surface area contributed by atoms with Crippen LogP contribution in [0.25, 0.3) is 22.2 Å². The second kappa shape index (κ2) is 11.4. The highest BCUT2D eigenvalue weighted by molar-refractivity contribution is 6.32. The maximum absolute atomic E-state index is 13.7. The molecule has 1 aliphatic rings. The van der Waals surface area contributed by atoms with E-state index in [0.717, 1.165) is 11.1 Å². The van der Waals surface area contributed by atoms with Gasteiger partial charge in [0, 0.05) is 28.5 Å². The van der Waals surface area contributed by atoms with Crippen LogP contribution in [0.15, 0.2) is 106 Å². The fraction of sp³-hybridized carbons (Fsp3) is 0.0645. The molecule has 0 saturated carbocycles. The zero-order valence-corrected chi connectivity index (χ0v) is 23.2. The second-order valence-corrected chi connectivity index (χ2v) is 10.00. The molecule has 0 saturated heterocycles. The van der Waals surface area contributed by atoms with Crippen molar-refractivity contribution in [2.45, 2.75) is 13.0 Å². The minimum Gasteiger partial charge on any atom is -0.478 e. The van der Waals surface area contributed by atoms with Gasteiger partial charge in [0.15, 0.2) is 5.58 Å². The Morgan fingerprint density at radius 2 is 1.84 bits per heavy atom. The lowest BCUT2D eigenvalue weighted by atomic mass is 9.93. The summed E-state index contributed by atoms with van der Waals surface area (Å²) < 4.78 is 19.3. The van der Waals surface area contributed by atoms with Gasteiger partial charge in [-0.3, -0.25) is 10.1 Å². The zero-order valence-electron chi connectivity index (χ0n) is 22.4. The number of nitrogens with zero attached hydrogens (tertiary/aromatic N) is 3. The Labute approximate surface area is 249 Å². The van der Waals surface area contributed by atoms with Crippen molar-refractivity contribution < 1.29 is 23.5 Å². The number of anilines is 2. The van der Waals surface area contributed by atoms with E-state index in [4.69, 9.17) is 21.0 Å². The molecule has 43 heavy (non-hydrogen) atoms. The summed E-state index contributed by atoms with van der Waals surface area (Å²) in [6, 6.07) is 20.9. The summed E-state index contributed by atoms with van der Waals surface area (Å²) >= 11 is 6.81. The highest BCUT2D eigenvalue weighted by Gasteiger charge is 2.31. The SMILES string of the molecule is CC1=C(C(=O)Nc2cc(C(=O)O)ccn2)C(c2ccc(-c3ccccc3)cc2Cl)N=C(Nc2nc3ccc(F)cc3o2)N1. The number of rotatable bonds is 6. The number of benzene rings is 3. The number of hydrogen-bond donors (Lipinski definition) is 4. The third-order valence-corrected chi connectivity index (χ3v) is 7.04. The molecule has 1 unspecified atom stereocenters. The Hall–Kier alpha value is -5.55. The zero-order chi connectivity index (χ0) is 30.1. The van der Waals surface area contributed by atoms with E-state index in [1.165, 1.54) is 36.5 Å². The number of carboxylic acid groups (broad SMARTS) is 1. The van der Waals surface area contributed by atoms with Crippen molar-refractivity contribution in [1.29, 1.82) is 0 Å². The van der Waals surface area contributed by atoms with Crippen LogP contribution in [0.4, 0.5) is 16.2 Å². The third kappa shape index (κ3) is 5.79. The number of pyridine rings is 1.